The number of nitrogens with one attached hydrogen (secondary N) is 2. The zero-order chi connectivity index (χ0) is 16.9. The van der Waals surface area contributed by atoms with Crippen LogP contribution in [0.3, 0.4) is 0 Å². The fourth-order valence-corrected chi connectivity index (χ4v) is 5.41. The van der Waals surface area contributed by atoms with E-state index in [1.165, 1.54) is 0 Å². The van der Waals surface area contributed by atoms with Crippen LogP contribution in [0.4, 0.5) is 4.79 Å². The summed E-state index contributed by atoms with van der Waals surface area (Å²) in [5.74, 6) is 1.25. The molecule has 0 bridgehead atoms. The Morgan fingerprint density at radius 2 is 2.25 bits per heavy atom. The molecule has 4 atom stereocenters. The number of amides is 3. The molecule has 2 N–H and O–H groups in total. The minimum Gasteiger partial charge on any atom is -0.376 e. The number of hydrogen-bond acceptors (Lipinski definition) is 4. The Balaban J connectivity index is 1.33. The summed E-state index contributed by atoms with van der Waals surface area (Å²) < 4.78 is 5.64. The number of rotatable bonds is 8. The number of carbonyl (C=O) groups excluding carboxylic acids is 2. The minimum atomic E-state index is -0.0294. The number of carbonyl (C=O) groups is 2. The minimum absolute atomic E-state index is 0.0294. The Morgan fingerprint density at radius 1 is 1.38 bits per heavy atom. The van der Waals surface area contributed by atoms with Gasteiger partial charge in [-0.1, -0.05) is 6.42 Å². The molecule has 3 aliphatic heterocycles. The van der Waals surface area contributed by atoms with Crippen molar-refractivity contribution in [3.63, 3.8) is 0 Å². The molecule has 3 saturated heterocycles. The van der Waals surface area contributed by atoms with Crippen molar-refractivity contribution in [3.05, 3.63) is 0 Å². The van der Waals surface area contributed by atoms with E-state index in [0.717, 1.165) is 57.6 Å². The van der Waals surface area contributed by atoms with Crippen molar-refractivity contribution in [2.45, 2.75) is 68.9 Å². The summed E-state index contributed by atoms with van der Waals surface area (Å²) in [6.07, 6.45) is 6.08. The van der Waals surface area contributed by atoms with E-state index < -0.39 is 0 Å². The molecule has 0 unspecified atom stereocenters. The third-order valence-corrected chi connectivity index (χ3v) is 6.76. The van der Waals surface area contributed by atoms with Crippen molar-refractivity contribution in [1.82, 2.24) is 15.5 Å². The van der Waals surface area contributed by atoms with Crippen molar-refractivity contribution in [3.8, 4) is 0 Å². The van der Waals surface area contributed by atoms with Gasteiger partial charge in [-0.25, -0.2) is 4.79 Å². The van der Waals surface area contributed by atoms with Gasteiger partial charge in [0.2, 0.25) is 5.91 Å². The Kier molecular flexibility index (Phi) is 6.27. The summed E-state index contributed by atoms with van der Waals surface area (Å²) in [6.45, 7) is 4.38. The lowest BCUT2D eigenvalue weighted by atomic mass is 10.0. The van der Waals surface area contributed by atoms with Crippen LogP contribution in [-0.4, -0.2) is 65.7 Å². The van der Waals surface area contributed by atoms with Gasteiger partial charge in [-0.15, -0.1) is 0 Å². The zero-order valence-corrected chi connectivity index (χ0v) is 15.3. The van der Waals surface area contributed by atoms with E-state index in [1.54, 1.807) is 0 Å². The lowest BCUT2D eigenvalue weighted by Crippen LogP contribution is -2.37. The first-order chi connectivity index (χ1) is 11.7. The van der Waals surface area contributed by atoms with E-state index in [4.69, 9.17) is 4.74 Å². The Labute approximate surface area is 148 Å². The third-order valence-electron chi connectivity index (χ3n) is 5.25. The SMILES string of the molecule is CCN(C[C@@H]1CCCO1)C(=O)CCCC[C@@H]1SC[C@@H]2NC(=O)N[C@@H]21. The maximum Gasteiger partial charge on any atom is 0.315 e. The molecule has 3 rings (SSSR count). The number of likely N-dealkylation sites (N-methyl/N-ethyl adjacent to an activating group) is 1. The fourth-order valence-electron chi connectivity index (χ4n) is 3.86. The van der Waals surface area contributed by atoms with Gasteiger partial charge in [-0.2, -0.15) is 11.8 Å². The molecule has 0 aliphatic carbocycles. The van der Waals surface area contributed by atoms with Gasteiger partial charge in [0.15, 0.2) is 0 Å². The molecule has 24 heavy (non-hydrogen) atoms. The van der Waals surface area contributed by atoms with Crippen molar-refractivity contribution in [2.75, 3.05) is 25.4 Å². The summed E-state index contributed by atoms with van der Waals surface area (Å²) in [5, 5.41) is 6.48. The first kappa shape index (κ1) is 17.9. The molecule has 3 heterocycles. The number of hydrogen-bond donors (Lipinski definition) is 2. The topological polar surface area (TPSA) is 70.7 Å². The number of thioether (sulfide) groups is 1. The van der Waals surface area contributed by atoms with Crippen LogP contribution >= 0.6 is 11.8 Å². The molecule has 0 aromatic carbocycles. The van der Waals surface area contributed by atoms with Crippen LogP contribution in [0, 0.1) is 0 Å². The first-order valence-corrected chi connectivity index (χ1v) is 10.3. The second-order valence-corrected chi connectivity index (χ2v) is 8.21. The largest absolute Gasteiger partial charge is 0.376 e. The maximum absolute atomic E-state index is 12.4. The summed E-state index contributed by atoms with van der Waals surface area (Å²) in [5.41, 5.74) is 0. The molecular formula is C17H29N3O3S. The smallest absolute Gasteiger partial charge is 0.315 e. The van der Waals surface area contributed by atoms with Gasteiger partial charge < -0.3 is 20.3 Å². The summed E-state index contributed by atoms with van der Waals surface area (Å²) >= 11 is 1.94. The number of nitrogens with zero attached hydrogens (tertiary/aromatic N) is 1. The van der Waals surface area contributed by atoms with Gasteiger partial charge >= 0.3 is 6.03 Å². The highest BCUT2D eigenvalue weighted by molar-refractivity contribution is 8.00. The van der Waals surface area contributed by atoms with Crippen molar-refractivity contribution in [1.29, 1.82) is 0 Å². The van der Waals surface area contributed by atoms with Gasteiger partial charge in [0.1, 0.15) is 0 Å². The summed E-state index contributed by atoms with van der Waals surface area (Å²) in [4.78, 5) is 25.7. The number of ether oxygens (including phenoxy) is 1. The van der Waals surface area contributed by atoms with Crippen LogP contribution in [0.25, 0.3) is 0 Å². The van der Waals surface area contributed by atoms with Gasteiger partial charge in [-0.3, -0.25) is 4.79 Å². The molecule has 0 spiro atoms. The average molecular weight is 356 g/mol. The van der Waals surface area contributed by atoms with Crippen molar-refractivity contribution < 1.29 is 14.3 Å². The number of fused-ring (bicyclic) bond motifs is 1. The van der Waals surface area contributed by atoms with Crippen LogP contribution < -0.4 is 10.6 Å². The standard InChI is InChI=1S/C17H29N3O3S/c1-2-20(10-12-6-5-9-23-12)15(21)8-4-3-7-14-16-13(11-24-14)18-17(22)19-16/h12-14,16H,2-11H2,1H3,(H2,18,19,22)/t12-,13-,14-,16-/m0/s1. The Hall–Kier alpha value is -0.950. The second kappa shape index (κ2) is 8.43. The molecule has 6 nitrogen and oxygen atoms in total. The zero-order valence-electron chi connectivity index (χ0n) is 14.5. The highest BCUT2D eigenvalue weighted by atomic mass is 32.2. The van der Waals surface area contributed by atoms with Gasteiger partial charge in [0, 0.05) is 37.1 Å². The van der Waals surface area contributed by atoms with Crippen LogP contribution in [0.1, 0.15) is 45.4 Å². The Bertz CT molecular complexity index is 456. The quantitative estimate of drug-likeness (QED) is 0.514. The summed E-state index contributed by atoms with van der Waals surface area (Å²) in [6, 6.07) is 0.527. The van der Waals surface area contributed by atoms with Gasteiger partial charge in [-0.05, 0) is 32.6 Å². The van der Waals surface area contributed by atoms with Crippen molar-refractivity contribution >= 4 is 23.7 Å². The highest BCUT2D eigenvalue weighted by Gasteiger charge is 2.42. The average Bonchev–Trinajstić information content (AvgIpc) is 3.27. The van der Waals surface area contributed by atoms with Gasteiger partial charge in [0.05, 0.1) is 18.2 Å². The van der Waals surface area contributed by atoms with Crippen LogP contribution in [0.15, 0.2) is 0 Å². The number of urea groups is 1. The molecule has 3 aliphatic rings. The molecule has 0 radical (unpaired) electrons. The fraction of sp³-hybridized carbons (Fsp3) is 0.882. The van der Waals surface area contributed by atoms with E-state index in [1.807, 2.05) is 23.6 Å². The van der Waals surface area contributed by atoms with E-state index >= 15 is 0 Å². The monoisotopic (exact) mass is 355 g/mol. The molecule has 3 amide bonds. The lowest BCUT2D eigenvalue weighted by Gasteiger charge is -2.24. The lowest BCUT2D eigenvalue weighted by molar-refractivity contribution is -0.132. The molecule has 0 saturated carbocycles. The van der Waals surface area contributed by atoms with Crippen LogP contribution in [-0.2, 0) is 9.53 Å². The molecule has 0 aromatic rings. The van der Waals surface area contributed by atoms with Crippen molar-refractivity contribution in [2.24, 2.45) is 0 Å². The number of unbranched alkanes of at least 4 members (excludes halogenated alkanes) is 1. The maximum atomic E-state index is 12.4. The van der Waals surface area contributed by atoms with Gasteiger partial charge in [0.25, 0.3) is 0 Å². The van der Waals surface area contributed by atoms with E-state index in [0.29, 0.717) is 11.7 Å². The molecule has 136 valence electrons. The first-order valence-electron chi connectivity index (χ1n) is 9.25. The molecule has 0 aromatic heterocycles. The predicted molar refractivity (Wildman–Crippen MR) is 95.2 cm³/mol. The van der Waals surface area contributed by atoms with Crippen LogP contribution in [0.2, 0.25) is 0 Å². The Morgan fingerprint density at radius 3 is 3.00 bits per heavy atom. The second-order valence-electron chi connectivity index (χ2n) is 6.94. The third kappa shape index (κ3) is 4.36. The molecule has 7 heteroatoms. The van der Waals surface area contributed by atoms with Crippen LogP contribution in [0.5, 0.6) is 0 Å². The molecular weight excluding hydrogens is 326 g/mol. The molecule has 3 fully saturated rings. The normalized spacial score (nSPS) is 31.6. The van der Waals surface area contributed by atoms with E-state index in [-0.39, 0.29) is 30.1 Å². The van der Waals surface area contributed by atoms with E-state index in [2.05, 4.69) is 10.6 Å². The highest BCUT2D eigenvalue weighted by Crippen LogP contribution is 2.33. The van der Waals surface area contributed by atoms with E-state index in [9.17, 15) is 9.59 Å². The predicted octanol–water partition coefficient (Wildman–Crippen LogP) is 1.74. The summed E-state index contributed by atoms with van der Waals surface area (Å²) in [7, 11) is 0.